The summed E-state index contributed by atoms with van der Waals surface area (Å²) in [6, 6.07) is 0. The Labute approximate surface area is 71.0 Å². The van der Waals surface area contributed by atoms with E-state index in [0.717, 1.165) is 11.8 Å². The molecule has 0 radical (unpaired) electrons. The van der Waals surface area contributed by atoms with Crippen LogP contribution in [0.15, 0.2) is 0 Å². The van der Waals surface area contributed by atoms with Gasteiger partial charge in [0.1, 0.15) is 0 Å². The van der Waals surface area contributed by atoms with Gasteiger partial charge in [0.25, 0.3) is 0 Å². The summed E-state index contributed by atoms with van der Waals surface area (Å²) >= 11 is 0.0709. The van der Waals surface area contributed by atoms with Gasteiger partial charge in [0.2, 0.25) is 0 Å². The summed E-state index contributed by atoms with van der Waals surface area (Å²) < 4.78 is 3.14. The molecule has 0 saturated carbocycles. The van der Waals surface area contributed by atoms with Crippen LogP contribution in [-0.2, 0) is 23.2 Å². The van der Waals surface area contributed by atoms with Gasteiger partial charge in [0.05, 0.1) is 0 Å². The minimum atomic E-state index is 0.0709. The average Bonchev–Trinajstić information content (AvgIpc) is 1.63. The fraction of sp³-hybridized carbons (Fsp3) is 1.00. The molecule has 54 valence electrons. The molecular formula is C8H18Zr. The SMILES string of the molecule is CC(C)[CH2][Zr][CH2]C(C)C. The van der Waals surface area contributed by atoms with E-state index in [4.69, 9.17) is 0 Å². The van der Waals surface area contributed by atoms with Gasteiger partial charge in [0.15, 0.2) is 0 Å². The van der Waals surface area contributed by atoms with Gasteiger partial charge in [0, 0.05) is 0 Å². The first-order chi connectivity index (χ1) is 4.13. The van der Waals surface area contributed by atoms with Crippen molar-refractivity contribution in [2.24, 2.45) is 11.8 Å². The van der Waals surface area contributed by atoms with Crippen molar-refractivity contribution in [1.29, 1.82) is 0 Å². The molecule has 0 bridgehead atoms. The number of hydrogen-bond donors (Lipinski definition) is 0. The summed E-state index contributed by atoms with van der Waals surface area (Å²) in [4.78, 5) is 0. The van der Waals surface area contributed by atoms with E-state index in [9.17, 15) is 0 Å². The Balaban J connectivity index is 2.91. The Bertz CT molecular complexity index is 49.6. The van der Waals surface area contributed by atoms with Crippen molar-refractivity contribution >= 4 is 0 Å². The molecular weight excluding hydrogens is 187 g/mol. The van der Waals surface area contributed by atoms with Crippen LogP contribution in [0, 0.1) is 11.8 Å². The minimum absolute atomic E-state index is 0.0709. The second-order valence-electron chi connectivity index (χ2n) is 3.45. The Morgan fingerprint density at radius 3 is 1.44 bits per heavy atom. The molecule has 0 aliphatic rings. The molecule has 1 heteroatoms. The van der Waals surface area contributed by atoms with E-state index in [1.807, 2.05) is 0 Å². The number of rotatable bonds is 4. The zero-order valence-corrected chi connectivity index (χ0v) is 9.53. The van der Waals surface area contributed by atoms with Crippen LogP contribution >= 0.6 is 0 Å². The fourth-order valence-corrected chi connectivity index (χ4v) is 3.91. The van der Waals surface area contributed by atoms with E-state index >= 15 is 0 Å². The van der Waals surface area contributed by atoms with Gasteiger partial charge in [-0.3, -0.25) is 0 Å². The Morgan fingerprint density at radius 2 is 1.22 bits per heavy atom. The van der Waals surface area contributed by atoms with E-state index in [1.54, 1.807) is 8.26 Å². The van der Waals surface area contributed by atoms with Crippen LogP contribution in [0.2, 0.25) is 8.26 Å². The molecule has 0 spiro atoms. The molecule has 0 N–H and O–H groups in total. The average molecular weight is 205 g/mol. The molecule has 0 unspecified atom stereocenters. The van der Waals surface area contributed by atoms with Crippen LogP contribution in [0.5, 0.6) is 0 Å². The summed E-state index contributed by atoms with van der Waals surface area (Å²) in [5.74, 6) is 1.94. The van der Waals surface area contributed by atoms with Crippen molar-refractivity contribution in [3.63, 3.8) is 0 Å². The molecule has 0 fully saturated rings. The molecule has 0 aliphatic heterocycles. The third kappa shape index (κ3) is 8.88. The molecule has 0 nitrogen and oxygen atoms in total. The van der Waals surface area contributed by atoms with E-state index in [-0.39, 0.29) is 23.2 Å². The van der Waals surface area contributed by atoms with E-state index in [1.165, 1.54) is 0 Å². The zero-order valence-electron chi connectivity index (χ0n) is 7.07. The summed E-state index contributed by atoms with van der Waals surface area (Å²) in [5.41, 5.74) is 0. The predicted octanol–water partition coefficient (Wildman–Crippen LogP) is 3.22. The molecule has 0 aliphatic carbocycles. The molecule has 0 amide bonds. The van der Waals surface area contributed by atoms with Gasteiger partial charge in [-0.2, -0.15) is 0 Å². The third-order valence-corrected chi connectivity index (χ3v) is 6.54. The van der Waals surface area contributed by atoms with E-state index in [2.05, 4.69) is 27.7 Å². The first-order valence-corrected chi connectivity index (χ1v) is 7.31. The Morgan fingerprint density at radius 1 is 0.889 bits per heavy atom. The maximum atomic E-state index is 2.33. The second-order valence-corrected chi connectivity index (χ2v) is 6.68. The molecule has 0 rings (SSSR count). The predicted molar refractivity (Wildman–Crippen MR) is 39.3 cm³/mol. The molecule has 0 aromatic heterocycles. The van der Waals surface area contributed by atoms with Crippen molar-refractivity contribution in [3.05, 3.63) is 0 Å². The quantitative estimate of drug-likeness (QED) is 0.661. The molecule has 9 heavy (non-hydrogen) atoms. The fourth-order valence-electron chi connectivity index (χ4n) is 0.661. The summed E-state index contributed by atoms with van der Waals surface area (Å²) in [5, 5.41) is 0. The van der Waals surface area contributed by atoms with Gasteiger partial charge in [-0.05, 0) is 0 Å². The molecule has 0 heterocycles. The van der Waals surface area contributed by atoms with Gasteiger partial charge in [-0.1, -0.05) is 0 Å². The summed E-state index contributed by atoms with van der Waals surface area (Å²) in [6.45, 7) is 9.34. The van der Waals surface area contributed by atoms with Crippen LogP contribution in [0.25, 0.3) is 0 Å². The molecule has 0 aromatic rings. The van der Waals surface area contributed by atoms with E-state index in [0.29, 0.717) is 0 Å². The van der Waals surface area contributed by atoms with Gasteiger partial charge in [-0.25, -0.2) is 0 Å². The zero-order chi connectivity index (χ0) is 7.28. The van der Waals surface area contributed by atoms with Gasteiger partial charge < -0.3 is 0 Å². The first kappa shape index (κ1) is 9.88. The molecule has 0 saturated heterocycles. The van der Waals surface area contributed by atoms with Crippen molar-refractivity contribution in [3.8, 4) is 0 Å². The molecule has 0 atom stereocenters. The van der Waals surface area contributed by atoms with E-state index < -0.39 is 0 Å². The monoisotopic (exact) mass is 204 g/mol. The van der Waals surface area contributed by atoms with Crippen LogP contribution < -0.4 is 0 Å². The van der Waals surface area contributed by atoms with Crippen LogP contribution in [0.3, 0.4) is 0 Å². The Hall–Kier alpha value is 0.883. The van der Waals surface area contributed by atoms with Crippen molar-refractivity contribution in [2.45, 2.75) is 36.0 Å². The Kier molecular flexibility index (Phi) is 6.21. The van der Waals surface area contributed by atoms with Gasteiger partial charge >= 0.3 is 71.0 Å². The van der Waals surface area contributed by atoms with Crippen LogP contribution in [0.4, 0.5) is 0 Å². The summed E-state index contributed by atoms with van der Waals surface area (Å²) in [7, 11) is 0. The van der Waals surface area contributed by atoms with Crippen molar-refractivity contribution in [2.75, 3.05) is 0 Å². The number of hydrogen-bond acceptors (Lipinski definition) is 0. The van der Waals surface area contributed by atoms with Gasteiger partial charge in [-0.15, -0.1) is 0 Å². The normalized spacial score (nSPS) is 10.9. The first-order valence-electron chi connectivity index (χ1n) is 3.83. The third-order valence-electron chi connectivity index (χ3n) is 1.11. The standard InChI is InChI=1S/2C4H9.Zr/c2*1-4(2)3;/h2*4H,1H2,2-3H3;. The maximum absolute atomic E-state index is 2.33. The second kappa shape index (κ2) is 5.65. The van der Waals surface area contributed by atoms with Crippen LogP contribution in [0.1, 0.15) is 27.7 Å². The van der Waals surface area contributed by atoms with Crippen LogP contribution in [-0.4, -0.2) is 0 Å². The van der Waals surface area contributed by atoms with Crippen molar-refractivity contribution in [1.82, 2.24) is 0 Å². The summed E-state index contributed by atoms with van der Waals surface area (Å²) in [6.07, 6.45) is 0. The molecule has 0 aromatic carbocycles. The topological polar surface area (TPSA) is 0 Å². The van der Waals surface area contributed by atoms with Crippen molar-refractivity contribution < 1.29 is 23.2 Å².